The normalized spacial score (nSPS) is 11.9. The SMILES string of the molecule is O=C(CS(=O)c1ccccc1Cl)c1ccc([N+](=O)[O-])cc1. The zero-order valence-corrected chi connectivity index (χ0v) is 12.3. The average molecular weight is 324 g/mol. The topological polar surface area (TPSA) is 77.3 Å². The number of non-ortho nitro benzene ring substituents is 1. The molecule has 0 saturated carbocycles. The van der Waals surface area contributed by atoms with Crippen LogP contribution in [-0.2, 0) is 10.8 Å². The zero-order chi connectivity index (χ0) is 15.4. The minimum atomic E-state index is -1.56. The van der Waals surface area contributed by atoms with Gasteiger partial charge in [-0.05, 0) is 24.3 Å². The van der Waals surface area contributed by atoms with Crippen LogP contribution in [0.15, 0.2) is 53.4 Å². The highest BCUT2D eigenvalue weighted by molar-refractivity contribution is 7.86. The number of benzene rings is 2. The molecule has 0 aliphatic carbocycles. The number of rotatable bonds is 5. The van der Waals surface area contributed by atoms with Crippen molar-refractivity contribution >= 4 is 33.9 Å². The average Bonchev–Trinajstić information content (AvgIpc) is 2.47. The van der Waals surface area contributed by atoms with E-state index in [4.69, 9.17) is 11.6 Å². The number of carbonyl (C=O) groups is 1. The van der Waals surface area contributed by atoms with Crippen molar-refractivity contribution in [1.82, 2.24) is 0 Å². The molecule has 0 radical (unpaired) electrons. The molecule has 0 N–H and O–H groups in total. The summed E-state index contributed by atoms with van der Waals surface area (Å²) in [6.07, 6.45) is 0. The van der Waals surface area contributed by atoms with Crippen molar-refractivity contribution in [2.45, 2.75) is 4.90 Å². The molecule has 0 fully saturated rings. The van der Waals surface area contributed by atoms with Crippen molar-refractivity contribution in [1.29, 1.82) is 0 Å². The number of halogens is 1. The Morgan fingerprint density at radius 1 is 1.14 bits per heavy atom. The maximum Gasteiger partial charge on any atom is 0.269 e. The van der Waals surface area contributed by atoms with Crippen LogP contribution in [0.25, 0.3) is 0 Å². The van der Waals surface area contributed by atoms with E-state index in [0.717, 1.165) is 0 Å². The molecule has 21 heavy (non-hydrogen) atoms. The largest absolute Gasteiger partial charge is 0.293 e. The van der Waals surface area contributed by atoms with Gasteiger partial charge in [0.15, 0.2) is 5.78 Å². The van der Waals surface area contributed by atoms with E-state index in [0.29, 0.717) is 9.92 Å². The molecule has 1 unspecified atom stereocenters. The molecule has 0 aliphatic heterocycles. The Morgan fingerprint density at radius 2 is 1.76 bits per heavy atom. The number of nitro groups is 1. The first-order chi connectivity index (χ1) is 9.99. The quantitative estimate of drug-likeness (QED) is 0.481. The standard InChI is InChI=1S/C14H10ClNO4S/c15-12-3-1-2-4-14(12)21(20)9-13(17)10-5-7-11(8-6-10)16(18)19/h1-8H,9H2. The molecule has 5 nitrogen and oxygen atoms in total. The molecule has 0 aliphatic rings. The van der Waals surface area contributed by atoms with Gasteiger partial charge in [0.2, 0.25) is 0 Å². The lowest BCUT2D eigenvalue weighted by molar-refractivity contribution is -0.384. The Kier molecular flexibility index (Phi) is 4.82. The van der Waals surface area contributed by atoms with E-state index in [-0.39, 0.29) is 22.8 Å². The van der Waals surface area contributed by atoms with E-state index in [1.54, 1.807) is 24.3 Å². The first-order valence-electron chi connectivity index (χ1n) is 5.89. The lowest BCUT2D eigenvalue weighted by atomic mass is 10.1. The number of hydrogen-bond acceptors (Lipinski definition) is 4. The van der Waals surface area contributed by atoms with E-state index in [1.807, 2.05) is 0 Å². The van der Waals surface area contributed by atoms with Crippen LogP contribution >= 0.6 is 11.6 Å². The van der Waals surface area contributed by atoms with Crippen LogP contribution in [0, 0.1) is 10.1 Å². The third kappa shape index (κ3) is 3.74. The monoisotopic (exact) mass is 323 g/mol. The number of hydrogen-bond donors (Lipinski definition) is 0. The van der Waals surface area contributed by atoms with Gasteiger partial charge in [-0.2, -0.15) is 0 Å². The van der Waals surface area contributed by atoms with E-state index in [2.05, 4.69) is 0 Å². The molecule has 7 heteroatoms. The second-order valence-corrected chi connectivity index (χ2v) is 5.97. The lowest BCUT2D eigenvalue weighted by Crippen LogP contribution is -2.11. The summed E-state index contributed by atoms with van der Waals surface area (Å²) in [5, 5.41) is 10.9. The summed E-state index contributed by atoms with van der Waals surface area (Å²) in [6, 6.07) is 11.8. The summed E-state index contributed by atoms with van der Waals surface area (Å²) in [6.45, 7) is 0. The van der Waals surface area contributed by atoms with Crippen LogP contribution in [0.4, 0.5) is 5.69 Å². The van der Waals surface area contributed by atoms with E-state index < -0.39 is 15.7 Å². The highest BCUT2D eigenvalue weighted by Crippen LogP contribution is 2.20. The van der Waals surface area contributed by atoms with Gasteiger partial charge in [-0.1, -0.05) is 23.7 Å². The summed E-state index contributed by atoms with van der Waals surface area (Å²) in [4.78, 5) is 22.4. The molecule has 0 saturated heterocycles. The van der Waals surface area contributed by atoms with Gasteiger partial charge in [-0.3, -0.25) is 19.1 Å². The number of nitro benzene ring substituents is 1. The number of nitrogens with zero attached hydrogens (tertiary/aromatic N) is 1. The summed E-state index contributed by atoms with van der Waals surface area (Å²) < 4.78 is 12.1. The molecule has 2 rings (SSSR count). The molecule has 1 atom stereocenters. The third-order valence-electron chi connectivity index (χ3n) is 2.74. The van der Waals surface area contributed by atoms with Gasteiger partial charge in [0, 0.05) is 17.7 Å². The van der Waals surface area contributed by atoms with Crippen LogP contribution in [0.5, 0.6) is 0 Å². The molecule has 0 bridgehead atoms. The summed E-state index contributed by atoms with van der Waals surface area (Å²) in [5.41, 5.74) is 0.180. The van der Waals surface area contributed by atoms with Crippen molar-refractivity contribution in [3.05, 3.63) is 69.2 Å². The highest BCUT2D eigenvalue weighted by atomic mass is 35.5. The Morgan fingerprint density at radius 3 is 2.33 bits per heavy atom. The first kappa shape index (κ1) is 15.3. The summed E-state index contributed by atoms with van der Waals surface area (Å²) >= 11 is 5.92. The van der Waals surface area contributed by atoms with Crippen molar-refractivity contribution < 1.29 is 13.9 Å². The van der Waals surface area contributed by atoms with Gasteiger partial charge in [0.1, 0.15) is 0 Å². The molecule has 0 heterocycles. The smallest absolute Gasteiger partial charge is 0.269 e. The van der Waals surface area contributed by atoms with E-state index in [1.165, 1.54) is 24.3 Å². The van der Waals surface area contributed by atoms with Crippen LogP contribution in [-0.4, -0.2) is 20.7 Å². The molecule has 108 valence electrons. The van der Waals surface area contributed by atoms with E-state index in [9.17, 15) is 19.1 Å². The maximum atomic E-state index is 12.1. The third-order valence-corrected chi connectivity index (χ3v) is 4.56. The fourth-order valence-electron chi connectivity index (χ4n) is 1.68. The molecule has 0 spiro atoms. The van der Waals surface area contributed by atoms with Gasteiger partial charge in [-0.15, -0.1) is 0 Å². The van der Waals surface area contributed by atoms with Crippen molar-refractivity contribution in [2.75, 3.05) is 5.75 Å². The van der Waals surface area contributed by atoms with Gasteiger partial charge in [0.05, 0.1) is 31.4 Å². The highest BCUT2D eigenvalue weighted by Gasteiger charge is 2.15. The minimum absolute atomic E-state index is 0.0984. The van der Waals surface area contributed by atoms with Crippen molar-refractivity contribution in [2.24, 2.45) is 0 Å². The molecule has 0 aromatic heterocycles. The summed E-state index contributed by atoms with van der Waals surface area (Å²) in [5.74, 6) is -0.579. The predicted molar refractivity (Wildman–Crippen MR) is 80.2 cm³/mol. The Hall–Kier alpha value is -2.05. The Labute approximate surface area is 128 Å². The van der Waals surface area contributed by atoms with Crippen molar-refractivity contribution in [3.63, 3.8) is 0 Å². The van der Waals surface area contributed by atoms with Gasteiger partial charge >= 0.3 is 0 Å². The Bertz CT molecular complexity index is 715. The summed E-state index contributed by atoms with van der Waals surface area (Å²) in [7, 11) is -1.56. The Balaban J connectivity index is 2.13. The molecular weight excluding hydrogens is 314 g/mol. The van der Waals surface area contributed by atoms with Crippen LogP contribution in [0.3, 0.4) is 0 Å². The molecule has 2 aromatic carbocycles. The zero-order valence-electron chi connectivity index (χ0n) is 10.7. The maximum absolute atomic E-state index is 12.1. The van der Waals surface area contributed by atoms with Gasteiger partial charge in [0.25, 0.3) is 5.69 Å². The lowest BCUT2D eigenvalue weighted by Gasteiger charge is -2.04. The van der Waals surface area contributed by atoms with E-state index >= 15 is 0 Å². The first-order valence-corrected chi connectivity index (χ1v) is 7.59. The van der Waals surface area contributed by atoms with Gasteiger partial charge < -0.3 is 0 Å². The second-order valence-electron chi connectivity index (χ2n) is 4.15. The molecular formula is C14H10ClNO4S. The second kappa shape index (κ2) is 6.60. The number of ketones is 1. The predicted octanol–water partition coefficient (Wildman–Crippen LogP) is 3.24. The van der Waals surface area contributed by atoms with Crippen molar-refractivity contribution in [3.8, 4) is 0 Å². The molecule has 2 aromatic rings. The minimum Gasteiger partial charge on any atom is -0.293 e. The van der Waals surface area contributed by atoms with Gasteiger partial charge in [-0.25, -0.2) is 0 Å². The van der Waals surface area contributed by atoms with Crippen LogP contribution < -0.4 is 0 Å². The fraction of sp³-hybridized carbons (Fsp3) is 0.0714. The van der Waals surface area contributed by atoms with Crippen LogP contribution in [0.1, 0.15) is 10.4 Å². The molecule has 0 amide bonds. The fourth-order valence-corrected chi connectivity index (χ4v) is 3.15. The van der Waals surface area contributed by atoms with Crippen LogP contribution in [0.2, 0.25) is 5.02 Å². The number of Topliss-reactive ketones (excluding diaryl/α,β-unsaturated/α-hetero) is 1. The number of carbonyl (C=O) groups excluding carboxylic acids is 1.